The van der Waals surface area contributed by atoms with Gasteiger partial charge in [0.05, 0.1) is 11.5 Å². The zero-order chi connectivity index (χ0) is 10.1. The van der Waals surface area contributed by atoms with Crippen LogP contribution in [-0.2, 0) is 9.84 Å². The third-order valence-electron chi connectivity index (χ3n) is 2.82. The maximum absolute atomic E-state index is 11.2. The number of sulfone groups is 1. The van der Waals surface area contributed by atoms with E-state index in [1.54, 1.807) is 0 Å². The van der Waals surface area contributed by atoms with E-state index in [4.69, 9.17) is 0 Å². The van der Waals surface area contributed by atoms with Gasteiger partial charge in [0.2, 0.25) is 0 Å². The molecule has 0 aromatic carbocycles. The molecule has 13 heavy (non-hydrogen) atoms. The summed E-state index contributed by atoms with van der Waals surface area (Å²) < 4.78 is 22.3. The van der Waals surface area contributed by atoms with Gasteiger partial charge in [0.1, 0.15) is 9.84 Å². The zero-order valence-corrected chi connectivity index (χ0v) is 9.23. The summed E-state index contributed by atoms with van der Waals surface area (Å²) in [5, 5.41) is 0. The van der Waals surface area contributed by atoms with E-state index in [0.717, 1.165) is 12.8 Å². The topological polar surface area (TPSA) is 34.1 Å². The highest BCUT2D eigenvalue weighted by molar-refractivity contribution is 7.91. The minimum atomic E-state index is -2.72. The monoisotopic (exact) mass is 202 g/mol. The Morgan fingerprint density at radius 3 is 2.15 bits per heavy atom. The van der Waals surface area contributed by atoms with Gasteiger partial charge in [-0.1, -0.05) is 26.0 Å². The molecule has 0 saturated carbocycles. The van der Waals surface area contributed by atoms with E-state index in [1.807, 2.05) is 0 Å². The Kier molecular flexibility index (Phi) is 3.17. The second-order valence-corrected chi connectivity index (χ2v) is 6.46. The molecule has 0 bridgehead atoms. The third kappa shape index (κ3) is 2.83. The van der Waals surface area contributed by atoms with Crippen LogP contribution in [0.2, 0.25) is 0 Å². The van der Waals surface area contributed by atoms with Crippen molar-refractivity contribution in [2.45, 2.75) is 26.7 Å². The largest absolute Gasteiger partial charge is 0.229 e. The van der Waals surface area contributed by atoms with Crippen molar-refractivity contribution in [3.63, 3.8) is 0 Å². The fourth-order valence-corrected chi connectivity index (χ4v) is 3.22. The van der Waals surface area contributed by atoms with Gasteiger partial charge in [-0.25, -0.2) is 8.42 Å². The molecule has 0 spiro atoms. The molecule has 2 nitrogen and oxygen atoms in total. The van der Waals surface area contributed by atoms with Crippen molar-refractivity contribution in [2.24, 2.45) is 11.8 Å². The van der Waals surface area contributed by atoms with Crippen LogP contribution in [-0.4, -0.2) is 19.9 Å². The molecule has 1 aliphatic rings. The number of allylic oxidation sites excluding steroid dienone is 1. The van der Waals surface area contributed by atoms with E-state index in [1.165, 1.54) is 5.57 Å². The van der Waals surface area contributed by atoms with Crippen LogP contribution in [0.15, 0.2) is 12.2 Å². The second kappa shape index (κ2) is 3.82. The summed E-state index contributed by atoms with van der Waals surface area (Å²) in [6.45, 7) is 8.26. The van der Waals surface area contributed by atoms with Crippen molar-refractivity contribution in [2.75, 3.05) is 11.5 Å². The Morgan fingerprint density at radius 1 is 1.31 bits per heavy atom. The van der Waals surface area contributed by atoms with E-state index >= 15 is 0 Å². The van der Waals surface area contributed by atoms with E-state index in [9.17, 15) is 8.42 Å². The Balaban J connectivity index is 2.55. The standard InChI is InChI=1S/C10H18O2S/c1-8(2)9(3)10-4-6-13(11,12)7-5-10/h8,10H,3-7H2,1-2H3. The normalized spacial score (nSPS) is 23.3. The van der Waals surface area contributed by atoms with Gasteiger partial charge in [0.25, 0.3) is 0 Å². The predicted octanol–water partition coefficient (Wildman–Crippen LogP) is 2.02. The summed E-state index contributed by atoms with van der Waals surface area (Å²) in [6, 6.07) is 0. The van der Waals surface area contributed by atoms with Crippen LogP contribution in [0.5, 0.6) is 0 Å². The van der Waals surface area contributed by atoms with Crippen LogP contribution >= 0.6 is 0 Å². The van der Waals surface area contributed by atoms with Crippen LogP contribution < -0.4 is 0 Å². The predicted molar refractivity (Wildman–Crippen MR) is 55.4 cm³/mol. The van der Waals surface area contributed by atoms with Gasteiger partial charge >= 0.3 is 0 Å². The maximum atomic E-state index is 11.2. The van der Waals surface area contributed by atoms with Gasteiger partial charge in [0.15, 0.2) is 0 Å². The lowest BCUT2D eigenvalue weighted by Gasteiger charge is -2.25. The molecule has 1 aliphatic heterocycles. The van der Waals surface area contributed by atoms with Crippen LogP contribution in [0, 0.1) is 11.8 Å². The van der Waals surface area contributed by atoms with Gasteiger partial charge in [-0.05, 0) is 24.7 Å². The Morgan fingerprint density at radius 2 is 1.77 bits per heavy atom. The van der Waals surface area contributed by atoms with Crippen molar-refractivity contribution >= 4 is 9.84 Å². The van der Waals surface area contributed by atoms with Gasteiger partial charge in [0, 0.05) is 0 Å². The Bertz CT molecular complexity index is 274. The quantitative estimate of drug-likeness (QED) is 0.642. The lowest BCUT2D eigenvalue weighted by Crippen LogP contribution is -2.25. The lowest BCUT2D eigenvalue weighted by atomic mass is 9.87. The summed E-state index contributed by atoms with van der Waals surface area (Å²) in [4.78, 5) is 0. The lowest BCUT2D eigenvalue weighted by molar-refractivity contribution is 0.485. The maximum Gasteiger partial charge on any atom is 0.150 e. The first kappa shape index (κ1) is 10.8. The molecule has 0 unspecified atom stereocenters. The van der Waals surface area contributed by atoms with E-state index in [0.29, 0.717) is 23.3 Å². The Hall–Kier alpha value is -0.310. The van der Waals surface area contributed by atoms with E-state index in [2.05, 4.69) is 20.4 Å². The van der Waals surface area contributed by atoms with Crippen LogP contribution in [0.4, 0.5) is 0 Å². The second-order valence-electron chi connectivity index (χ2n) is 4.16. The Labute approximate surface area is 81.0 Å². The van der Waals surface area contributed by atoms with Gasteiger partial charge < -0.3 is 0 Å². The summed E-state index contributed by atoms with van der Waals surface area (Å²) in [7, 11) is -2.72. The summed E-state index contributed by atoms with van der Waals surface area (Å²) in [5.74, 6) is 1.61. The molecule has 1 heterocycles. The fourth-order valence-electron chi connectivity index (χ4n) is 1.73. The highest BCUT2D eigenvalue weighted by Crippen LogP contribution is 2.28. The molecule has 76 valence electrons. The van der Waals surface area contributed by atoms with Crippen LogP contribution in [0.1, 0.15) is 26.7 Å². The van der Waals surface area contributed by atoms with E-state index < -0.39 is 9.84 Å². The summed E-state index contributed by atoms with van der Waals surface area (Å²) >= 11 is 0. The van der Waals surface area contributed by atoms with Gasteiger partial charge in [-0.2, -0.15) is 0 Å². The first-order valence-corrected chi connectivity index (χ1v) is 6.63. The molecule has 0 aromatic heterocycles. The van der Waals surface area contributed by atoms with Gasteiger partial charge in [-0.3, -0.25) is 0 Å². The van der Waals surface area contributed by atoms with Crippen molar-refractivity contribution in [1.29, 1.82) is 0 Å². The molecular weight excluding hydrogens is 184 g/mol. The smallest absolute Gasteiger partial charge is 0.150 e. The minimum absolute atomic E-state index is 0.351. The molecule has 1 fully saturated rings. The molecule has 0 radical (unpaired) electrons. The first-order valence-electron chi connectivity index (χ1n) is 4.81. The minimum Gasteiger partial charge on any atom is -0.229 e. The van der Waals surface area contributed by atoms with Gasteiger partial charge in [-0.15, -0.1) is 0 Å². The fraction of sp³-hybridized carbons (Fsp3) is 0.800. The van der Waals surface area contributed by atoms with Crippen LogP contribution in [0.25, 0.3) is 0 Å². The average molecular weight is 202 g/mol. The van der Waals surface area contributed by atoms with Crippen molar-refractivity contribution in [3.05, 3.63) is 12.2 Å². The molecule has 0 aromatic rings. The molecule has 0 N–H and O–H groups in total. The summed E-state index contributed by atoms with van der Waals surface area (Å²) in [5.41, 5.74) is 1.22. The third-order valence-corrected chi connectivity index (χ3v) is 4.54. The van der Waals surface area contributed by atoms with Crippen molar-refractivity contribution in [3.8, 4) is 0 Å². The average Bonchev–Trinajstić information content (AvgIpc) is 2.03. The molecule has 1 rings (SSSR count). The van der Waals surface area contributed by atoms with E-state index in [-0.39, 0.29) is 0 Å². The first-order chi connectivity index (χ1) is 5.92. The molecular formula is C10H18O2S. The zero-order valence-electron chi connectivity index (χ0n) is 8.41. The molecule has 0 amide bonds. The molecule has 1 saturated heterocycles. The molecule has 0 aliphatic carbocycles. The van der Waals surface area contributed by atoms with Crippen LogP contribution in [0.3, 0.4) is 0 Å². The molecule has 0 atom stereocenters. The van der Waals surface area contributed by atoms with Crippen molar-refractivity contribution in [1.82, 2.24) is 0 Å². The number of hydrogen-bond acceptors (Lipinski definition) is 2. The highest BCUT2D eigenvalue weighted by Gasteiger charge is 2.25. The summed E-state index contributed by atoms with van der Waals surface area (Å²) in [6.07, 6.45) is 1.55. The number of hydrogen-bond donors (Lipinski definition) is 0. The molecule has 3 heteroatoms. The van der Waals surface area contributed by atoms with Crippen molar-refractivity contribution < 1.29 is 8.42 Å². The SMILES string of the molecule is C=C(C(C)C)C1CCS(=O)(=O)CC1. The highest BCUT2D eigenvalue weighted by atomic mass is 32.2. The number of rotatable bonds is 2.